The average molecular weight is 409 g/mol. The van der Waals surface area contributed by atoms with E-state index < -0.39 is 0 Å². The predicted octanol–water partition coefficient (Wildman–Crippen LogP) is 2.44. The van der Waals surface area contributed by atoms with Crippen LogP contribution in [-0.4, -0.2) is 72.5 Å². The van der Waals surface area contributed by atoms with E-state index in [0.29, 0.717) is 11.7 Å². The van der Waals surface area contributed by atoms with Gasteiger partial charge in [0.2, 0.25) is 11.8 Å². The summed E-state index contributed by atoms with van der Waals surface area (Å²) in [6.07, 6.45) is 5.00. The highest BCUT2D eigenvalue weighted by Gasteiger charge is 2.28. The van der Waals surface area contributed by atoms with Crippen LogP contribution in [0.1, 0.15) is 42.7 Å². The molecule has 1 N–H and O–H groups in total. The number of nitrogens with one attached hydrogen (secondary N) is 1. The van der Waals surface area contributed by atoms with Gasteiger partial charge < -0.3 is 15.0 Å². The van der Waals surface area contributed by atoms with E-state index in [4.69, 9.17) is 4.74 Å². The smallest absolute Gasteiger partial charge is 0.245 e. The number of morpholine rings is 1. The fourth-order valence-corrected chi connectivity index (χ4v) is 4.70. The van der Waals surface area contributed by atoms with Crippen LogP contribution in [0, 0.1) is 19.8 Å². The van der Waals surface area contributed by atoms with Crippen LogP contribution in [0.4, 0.5) is 5.13 Å². The highest BCUT2D eigenvalue weighted by Crippen LogP contribution is 2.27. The van der Waals surface area contributed by atoms with E-state index in [2.05, 4.69) is 15.2 Å². The lowest BCUT2D eigenvalue weighted by Crippen LogP contribution is -2.43. The van der Waals surface area contributed by atoms with Gasteiger partial charge in [0.25, 0.3) is 0 Å². The lowest BCUT2D eigenvalue weighted by Gasteiger charge is -2.29. The van der Waals surface area contributed by atoms with Crippen molar-refractivity contribution in [2.24, 2.45) is 5.92 Å². The normalized spacial score (nSPS) is 18.4. The highest BCUT2D eigenvalue weighted by molar-refractivity contribution is 7.15. The van der Waals surface area contributed by atoms with Crippen molar-refractivity contribution in [3.05, 3.63) is 10.6 Å². The first-order chi connectivity index (χ1) is 13.5. The van der Waals surface area contributed by atoms with Crippen LogP contribution < -0.4 is 5.32 Å². The highest BCUT2D eigenvalue weighted by atomic mass is 32.1. The molecule has 0 bridgehead atoms. The molecule has 0 spiro atoms. The van der Waals surface area contributed by atoms with E-state index in [1.165, 1.54) is 11.3 Å². The third-order valence-electron chi connectivity index (χ3n) is 5.63. The number of rotatable bonds is 8. The topological polar surface area (TPSA) is 74.8 Å². The Morgan fingerprint density at radius 3 is 2.61 bits per heavy atom. The number of carbonyl (C=O) groups excluding carboxylic acids is 2. The molecule has 1 saturated carbocycles. The Morgan fingerprint density at radius 1 is 1.25 bits per heavy atom. The molecule has 3 rings (SSSR count). The summed E-state index contributed by atoms with van der Waals surface area (Å²) in [5.41, 5.74) is 0.935. The molecule has 1 aromatic rings. The number of hydrogen-bond acceptors (Lipinski definition) is 6. The Kier molecular flexibility index (Phi) is 7.82. The van der Waals surface area contributed by atoms with Crippen molar-refractivity contribution in [2.75, 3.05) is 51.3 Å². The lowest BCUT2D eigenvalue weighted by atomic mass is 10.1. The molecule has 1 aliphatic carbocycles. The van der Waals surface area contributed by atoms with Crippen molar-refractivity contribution in [3.63, 3.8) is 0 Å². The molecule has 0 radical (unpaired) electrons. The monoisotopic (exact) mass is 408 g/mol. The Bertz CT molecular complexity index is 647. The number of aromatic nitrogens is 1. The fourth-order valence-electron chi connectivity index (χ4n) is 3.87. The minimum absolute atomic E-state index is 0.0838. The molecule has 28 heavy (non-hydrogen) atoms. The summed E-state index contributed by atoms with van der Waals surface area (Å²) in [6, 6.07) is 0. The minimum atomic E-state index is -0.161. The summed E-state index contributed by atoms with van der Waals surface area (Å²) < 4.78 is 5.39. The second kappa shape index (κ2) is 10.3. The van der Waals surface area contributed by atoms with E-state index in [0.717, 1.165) is 75.5 Å². The summed E-state index contributed by atoms with van der Waals surface area (Å²) in [6.45, 7) is 9.03. The van der Waals surface area contributed by atoms with Gasteiger partial charge in [-0.25, -0.2) is 4.98 Å². The van der Waals surface area contributed by atoms with Crippen molar-refractivity contribution < 1.29 is 14.3 Å². The van der Waals surface area contributed by atoms with Gasteiger partial charge in [-0.1, -0.05) is 12.8 Å². The molecule has 2 amide bonds. The molecular weight excluding hydrogens is 376 g/mol. The number of hydrogen-bond donors (Lipinski definition) is 1. The SMILES string of the molecule is Cc1nc(NC(=O)CN(CCCN2CCOCC2)C(=O)C2CCCC2)sc1C. The van der Waals surface area contributed by atoms with Gasteiger partial charge in [0.05, 0.1) is 25.5 Å². The molecule has 0 aromatic carbocycles. The zero-order valence-corrected chi connectivity index (χ0v) is 17.9. The standard InChI is InChI=1S/C20H32N4O3S/c1-15-16(2)28-20(21-15)22-18(25)14-24(19(26)17-6-3-4-7-17)9-5-8-23-10-12-27-13-11-23/h17H,3-14H2,1-2H3,(H,21,22,25). The van der Waals surface area contributed by atoms with Gasteiger partial charge >= 0.3 is 0 Å². The quantitative estimate of drug-likeness (QED) is 0.715. The predicted molar refractivity (Wildman–Crippen MR) is 111 cm³/mol. The Labute approximate surface area is 171 Å². The van der Waals surface area contributed by atoms with E-state index in [1.807, 2.05) is 13.8 Å². The summed E-state index contributed by atoms with van der Waals surface area (Å²) in [7, 11) is 0. The summed E-state index contributed by atoms with van der Waals surface area (Å²) in [4.78, 5) is 35.1. The third kappa shape index (κ3) is 5.99. The molecule has 2 fully saturated rings. The van der Waals surface area contributed by atoms with Gasteiger partial charge in [0, 0.05) is 37.0 Å². The number of ether oxygens (including phenoxy) is 1. The Morgan fingerprint density at radius 2 is 1.96 bits per heavy atom. The van der Waals surface area contributed by atoms with Crippen molar-refractivity contribution in [1.29, 1.82) is 0 Å². The number of nitrogens with zero attached hydrogens (tertiary/aromatic N) is 3. The number of anilines is 1. The summed E-state index contributed by atoms with van der Waals surface area (Å²) >= 11 is 1.48. The molecule has 8 heteroatoms. The molecule has 0 atom stereocenters. The first kappa shape index (κ1) is 21.2. The van der Waals surface area contributed by atoms with Crippen LogP contribution in [0.2, 0.25) is 0 Å². The third-order valence-corrected chi connectivity index (χ3v) is 6.62. The zero-order valence-electron chi connectivity index (χ0n) is 17.0. The minimum Gasteiger partial charge on any atom is -0.379 e. The molecule has 156 valence electrons. The zero-order chi connectivity index (χ0) is 19.9. The maximum absolute atomic E-state index is 13.0. The summed E-state index contributed by atoms with van der Waals surface area (Å²) in [5.74, 6) is 0.0631. The van der Waals surface area contributed by atoms with Crippen LogP contribution in [0.15, 0.2) is 0 Å². The molecule has 1 aromatic heterocycles. The van der Waals surface area contributed by atoms with Gasteiger partial charge in [-0.05, 0) is 33.1 Å². The molecule has 7 nitrogen and oxygen atoms in total. The average Bonchev–Trinajstić information content (AvgIpc) is 3.31. The number of carbonyl (C=O) groups is 2. The first-order valence-electron chi connectivity index (χ1n) is 10.4. The second-order valence-electron chi connectivity index (χ2n) is 7.76. The van der Waals surface area contributed by atoms with Crippen molar-refractivity contribution in [3.8, 4) is 0 Å². The molecule has 1 aliphatic heterocycles. The van der Waals surface area contributed by atoms with Gasteiger partial charge in [0.15, 0.2) is 5.13 Å². The van der Waals surface area contributed by atoms with E-state index in [1.54, 1.807) is 4.90 Å². The van der Waals surface area contributed by atoms with Crippen LogP contribution in [-0.2, 0) is 14.3 Å². The second-order valence-corrected chi connectivity index (χ2v) is 8.96. The van der Waals surface area contributed by atoms with Crippen LogP contribution in [0.3, 0.4) is 0 Å². The fraction of sp³-hybridized carbons (Fsp3) is 0.750. The van der Waals surface area contributed by atoms with E-state index >= 15 is 0 Å². The molecular formula is C20H32N4O3S. The Hall–Kier alpha value is -1.51. The molecule has 2 aliphatic rings. The van der Waals surface area contributed by atoms with Gasteiger partial charge in [0.1, 0.15) is 0 Å². The van der Waals surface area contributed by atoms with E-state index in [-0.39, 0.29) is 24.3 Å². The number of aryl methyl sites for hydroxylation is 2. The van der Waals surface area contributed by atoms with Crippen LogP contribution >= 0.6 is 11.3 Å². The van der Waals surface area contributed by atoms with Gasteiger partial charge in [-0.3, -0.25) is 14.5 Å². The molecule has 1 saturated heterocycles. The largest absolute Gasteiger partial charge is 0.379 e. The number of amides is 2. The van der Waals surface area contributed by atoms with Crippen LogP contribution in [0.25, 0.3) is 0 Å². The molecule has 0 unspecified atom stereocenters. The maximum atomic E-state index is 13.0. The molecule has 2 heterocycles. The van der Waals surface area contributed by atoms with Gasteiger partial charge in [-0.2, -0.15) is 0 Å². The first-order valence-corrected chi connectivity index (χ1v) is 11.2. The lowest BCUT2D eigenvalue weighted by molar-refractivity contribution is -0.138. The number of thiazole rings is 1. The Balaban J connectivity index is 1.54. The van der Waals surface area contributed by atoms with Crippen LogP contribution in [0.5, 0.6) is 0 Å². The van der Waals surface area contributed by atoms with Crippen molar-refractivity contribution >= 4 is 28.3 Å². The van der Waals surface area contributed by atoms with Crippen molar-refractivity contribution in [1.82, 2.24) is 14.8 Å². The van der Waals surface area contributed by atoms with Gasteiger partial charge in [-0.15, -0.1) is 11.3 Å². The van der Waals surface area contributed by atoms with Crippen molar-refractivity contribution in [2.45, 2.75) is 46.0 Å². The summed E-state index contributed by atoms with van der Waals surface area (Å²) in [5, 5.41) is 3.48. The van der Waals surface area contributed by atoms with E-state index in [9.17, 15) is 9.59 Å². The maximum Gasteiger partial charge on any atom is 0.245 e.